The SMILES string of the molecule is C[Se]/C(C)=C/c1ccccc1. The molecule has 0 aromatic heterocycles. The summed E-state index contributed by atoms with van der Waals surface area (Å²) in [6.45, 7) is 2.19. The molecule has 0 bridgehead atoms. The third-order valence-electron chi connectivity index (χ3n) is 1.49. The molecule has 0 atom stereocenters. The van der Waals surface area contributed by atoms with E-state index in [1.807, 2.05) is 6.07 Å². The Kier molecular flexibility index (Phi) is 3.41. The molecular weight excluding hydrogens is 199 g/mol. The standard InChI is InChI=1S/C10H12Se/c1-9(11-2)8-10-6-4-3-5-7-10/h3-8H,1-2H3/b9-8+. The van der Waals surface area contributed by atoms with Gasteiger partial charge in [-0.1, -0.05) is 0 Å². The summed E-state index contributed by atoms with van der Waals surface area (Å²) in [5, 5.41) is 0. The molecule has 0 unspecified atom stereocenters. The van der Waals surface area contributed by atoms with Crippen LogP contribution in [-0.2, 0) is 0 Å². The van der Waals surface area contributed by atoms with E-state index in [2.05, 4.69) is 43.1 Å². The molecule has 11 heavy (non-hydrogen) atoms. The number of rotatable bonds is 2. The maximum atomic E-state index is 2.25. The van der Waals surface area contributed by atoms with Crippen LogP contribution in [0.5, 0.6) is 0 Å². The molecule has 0 spiro atoms. The summed E-state index contributed by atoms with van der Waals surface area (Å²) in [5.41, 5.74) is 1.31. The van der Waals surface area contributed by atoms with E-state index < -0.39 is 0 Å². The summed E-state index contributed by atoms with van der Waals surface area (Å²) < 4.78 is 1.49. The van der Waals surface area contributed by atoms with Crippen molar-refractivity contribution in [2.24, 2.45) is 0 Å². The van der Waals surface area contributed by atoms with Crippen LogP contribution in [0.2, 0.25) is 5.82 Å². The Morgan fingerprint density at radius 1 is 1.27 bits per heavy atom. The molecule has 0 saturated heterocycles. The van der Waals surface area contributed by atoms with Crippen molar-refractivity contribution in [2.45, 2.75) is 12.7 Å². The normalized spacial score (nSPS) is 11.6. The number of benzene rings is 1. The molecule has 0 aliphatic rings. The first-order chi connectivity index (χ1) is 5.33. The van der Waals surface area contributed by atoms with Crippen molar-refractivity contribution >= 4 is 21.0 Å². The van der Waals surface area contributed by atoms with Crippen molar-refractivity contribution in [2.75, 3.05) is 0 Å². The second kappa shape index (κ2) is 4.38. The number of hydrogen-bond acceptors (Lipinski definition) is 0. The van der Waals surface area contributed by atoms with Gasteiger partial charge in [0.25, 0.3) is 0 Å². The molecule has 0 saturated carbocycles. The molecule has 0 amide bonds. The molecular formula is C10H12Se. The minimum absolute atomic E-state index is 0.649. The molecule has 0 nitrogen and oxygen atoms in total. The zero-order valence-corrected chi connectivity index (χ0v) is 8.59. The molecule has 1 aromatic carbocycles. The topological polar surface area (TPSA) is 0 Å². The number of allylic oxidation sites excluding steroid dienone is 1. The molecule has 0 N–H and O–H groups in total. The summed E-state index contributed by atoms with van der Waals surface area (Å²) in [6, 6.07) is 10.5. The Morgan fingerprint density at radius 2 is 1.91 bits per heavy atom. The Bertz CT molecular complexity index is 236. The summed E-state index contributed by atoms with van der Waals surface area (Å²) in [4.78, 5) is 0. The van der Waals surface area contributed by atoms with E-state index in [-0.39, 0.29) is 0 Å². The van der Waals surface area contributed by atoms with Gasteiger partial charge in [0.2, 0.25) is 0 Å². The van der Waals surface area contributed by atoms with Crippen LogP contribution in [0, 0.1) is 0 Å². The van der Waals surface area contributed by atoms with Crippen LogP contribution >= 0.6 is 0 Å². The third-order valence-corrected chi connectivity index (χ3v) is 3.09. The second-order valence-corrected chi connectivity index (χ2v) is 4.58. The van der Waals surface area contributed by atoms with Crippen molar-refractivity contribution in [3.63, 3.8) is 0 Å². The first kappa shape index (κ1) is 8.57. The van der Waals surface area contributed by atoms with Crippen molar-refractivity contribution in [3.8, 4) is 0 Å². The van der Waals surface area contributed by atoms with Crippen LogP contribution in [0.1, 0.15) is 12.5 Å². The van der Waals surface area contributed by atoms with Gasteiger partial charge >= 0.3 is 74.1 Å². The Labute approximate surface area is 74.5 Å². The second-order valence-electron chi connectivity index (χ2n) is 2.37. The molecule has 1 aromatic rings. The molecule has 0 radical (unpaired) electrons. The predicted octanol–water partition coefficient (Wildman–Crippen LogP) is 2.80. The molecule has 1 rings (SSSR count). The van der Waals surface area contributed by atoms with E-state index >= 15 is 0 Å². The van der Waals surface area contributed by atoms with Crippen LogP contribution < -0.4 is 0 Å². The monoisotopic (exact) mass is 212 g/mol. The predicted molar refractivity (Wildman–Crippen MR) is 51.7 cm³/mol. The zero-order valence-electron chi connectivity index (χ0n) is 6.87. The van der Waals surface area contributed by atoms with Gasteiger partial charge in [-0.05, 0) is 0 Å². The van der Waals surface area contributed by atoms with Gasteiger partial charge < -0.3 is 0 Å². The van der Waals surface area contributed by atoms with Crippen LogP contribution in [0.3, 0.4) is 0 Å². The van der Waals surface area contributed by atoms with Gasteiger partial charge in [0.1, 0.15) is 0 Å². The van der Waals surface area contributed by atoms with Crippen molar-refractivity contribution in [1.29, 1.82) is 0 Å². The van der Waals surface area contributed by atoms with Gasteiger partial charge in [-0.15, -0.1) is 0 Å². The van der Waals surface area contributed by atoms with E-state index in [1.165, 1.54) is 10.0 Å². The molecule has 0 aliphatic heterocycles. The van der Waals surface area contributed by atoms with E-state index in [1.54, 1.807) is 0 Å². The fourth-order valence-electron chi connectivity index (χ4n) is 0.843. The summed E-state index contributed by atoms with van der Waals surface area (Å²) >= 11 is 0.649. The number of hydrogen-bond donors (Lipinski definition) is 0. The molecule has 0 fully saturated rings. The average molecular weight is 211 g/mol. The van der Waals surface area contributed by atoms with Crippen LogP contribution in [0.25, 0.3) is 6.08 Å². The molecule has 58 valence electrons. The first-order valence-corrected chi connectivity index (χ1v) is 6.17. The maximum absolute atomic E-state index is 2.25. The van der Waals surface area contributed by atoms with Gasteiger partial charge in [-0.3, -0.25) is 0 Å². The van der Waals surface area contributed by atoms with Crippen molar-refractivity contribution in [3.05, 3.63) is 40.4 Å². The van der Waals surface area contributed by atoms with E-state index in [4.69, 9.17) is 0 Å². The summed E-state index contributed by atoms with van der Waals surface area (Å²) in [5.74, 6) is 2.24. The van der Waals surface area contributed by atoms with Gasteiger partial charge in [0, 0.05) is 0 Å². The fraction of sp³-hybridized carbons (Fsp3) is 0.200. The summed E-state index contributed by atoms with van der Waals surface area (Å²) in [7, 11) is 0. The van der Waals surface area contributed by atoms with Crippen LogP contribution in [-0.4, -0.2) is 15.0 Å². The quantitative estimate of drug-likeness (QED) is 0.660. The van der Waals surface area contributed by atoms with Crippen LogP contribution in [0.4, 0.5) is 0 Å². The van der Waals surface area contributed by atoms with Crippen LogP contribution in [0.15, 0.2) is 34.8 Å². The Morgan fingerprint density at radius 3 is 2.45 bits per heavy atom. The van der Waals surface area contributed by atoms with Crippen molar-refractivity contribution < 1.29 is 0 Å². The molecule has 1 heteroatoms. The average Bonchev–Trinajstić information content (AvgIpc) is 2.06. The zero-order chi connectivity index (χ0) is 8.10. The molecule has 0 heterocycles. The molecule has 0 aliphatic carbocycles. The van der Waals surface area contributed by atoms with Gasteiger partial charge in [0.05, 0.1) is 0 Å². The van der Waals surface area contributed by atoms with E-state index in [9.17, 15) is 0 Å². The third kappa shape index (κ3) is 2.92. The van der Waals surface area contributed by atoms with Gasteiger partial charge in [-0.25, -0.2) is 0 Å². The first-order valence-electron chi connectivity index (χ1n) is 3.60. The Hall–Kier alpha value is -0.521. The van der Waals surface area contributed by atoms with Gasteiger partial charge in [-0.2, -0.15) is 0 Å². The fourth-order valence-corrected chi connectivity index (χ4v) is 1.38. The van der Waals surface area contributed by atoms with Gasteiger partial charge in [0.15, 0.2) is 0 Å². The van der Waals surface area contributed by atoms with E-state index in [0.717, 1.165) is 0 Å². The summed E-state index contributed by atoms with van der Waals surface area (Å²) in [6.07, 6.45) is 2.25. The van der Waals surface area contributed by atoms with Crippen molar-refractivity contribution in [1.82, 2.24) is 0 Å². The van der Waals surface area contributed by atoms with E-state index in [0.29, 0.717) is 15.0 Å². The minimum atomic E-state index is 0.649. The Balaban J connectivity index is 2.79.